The second kappa shape index (κ2) is 7.10. The lowest BCUT2D eigenvalue weighted by Crippen LogP contribution is -2.46. The summed E-state index contributed by atoms with van der Waals surface area (Å²) in [6.07, 6.45) is 5.81. The molecule has 1 saturated carbocycles. The summed E-state index contributed by atoms with van der Waals surface area (Å²) in [5.74, 6) is 0.0398. The molecule has 1 aliphatic carbocycles. The molecule has 1 amide bonds. The van der Waals surface area contributed by atoms with Crippen LogP contribution in [0.4, 0.5) is 4.79 Å². The highest BCUT2D eigenvalue weighted by Gasteiger charge is 2.41. The molecule has 1 heterocycles. The van der Waals surface area contributed by atoms with Gasteiger partial charge in [0.2, 0.25) is 0 Å². The highest BCUT2D eigenvalue weighted by Crippen LogP contribution is 2.46. The minimum Gasteiger partial charge on any atom is -0.466 e. The van der Waals surface area contributed by atoms with E-state index in [9.17, 15) is 9.59 Å². The lowest BCUT2D eigenvalue weighted by Gasteiger charge is -2.45. The molecule has 0 N–H and O–H groups in total. The molecular weight excluding hydrogens is 294 g/mol. The van der Waals surface area contributed by atoms with E-state index in [0.717, 1.165) is 51.6 Å². The fourth-order valence-electron chi connectivity index (χ4n) is 3.72. The van der Waals surface area contributed by atoms with Crippen molar-refractivity contribution in [2.45, 2.75) is 71.8 Å². The van der Waals surface area contributed by atoms with Crippen molar-refractivity contribution >= 4 is 12.1 Å². The zero-order valence-corrected chi connectivity index (χ0v) is 15.0. The quantitative estimate of drug-likeness (QED) is 0.725. The van der Waals surface area contributed by atoms with Gasteiger partial charge in [-0.3, -0.25) is 4.79 Å². The maximum Gasteiger partial charge on any atom is 0.410 e. The number of carbonyl (C=O) groups excluding carboxylic acids is 2. The first-order valence-corrected chi connectivity index (χ1v) is 8.89. The van der Waals surface area contributed by atoms with Crippen molar-refractivity contribution < 1.29 is 19.1 Å². The topological polar surface area (TPSA) is 55.8 Å². The SMILES string of the molecule is CCOC(=O)C1CCC2(CC1)CCN(C(=O)OC(C)(C)C)CC2. The van der Waals surface area contributed by atoms with Gasteiger partial charge in [0.15, 0.2) is 0 Å². The van der Waals surface area contributed by atoms with Crippen LogP contribution in [-0.2, 0) is 14.3 Å². The normalized spacial score (nSPS) is 22.0. The molecule has 2 fully saturated rings. The molecule has 0 aromatic rings. The number of piperidine rings is 1. The Hall–Kier alpha value is -1.26. The first-order valence-electron chi connectivity index (χ1n) is 8.89. The number of esters is 1. The summed E-state index contributed by atoms with van der Waals surface area (Å²) in [4.78, 5) is 25.8. The van der Waals surface area contributed by atoms with E-state index in [4.69, 9.17) is 9.47 Å². The van der Waals surface area contributed by atoms with Crippen LogP contribution in [0.2, 0.25) is 0 Å². The van der Waals surface area contributed by atoms with E-state index >= 15 is 0 Å². The second-order valence-electron chi connectivity index (χ2n) is 7.99. The molecule has 5 heteroatoms. The van der Waals surface area contributed by atoms with Crippen LogP contribution in [0.25, 0.3) is 0 Å². The Morgan fingerprint density at radius 3 is 2.13 bits per heavy atom. The van der Waals surface area contributed by atoms with Crippen molar-refractivity contribution in [1.29, 1.82) is 0 Å². The summed E-state index contributed by atoms with van der Waals surface area (Å²) < 4.78 is 10.6. The van der Waals surface area contributed by atoms with Crippen molar-refractivity contribution in [1.82, 2.24) is 4.90 Å². The second-order valence-corrected chi connectivity index (χ2v) is 7.99. The summed E-state index contributed by atoms with van der Waals surface area (Å²) >= 11 is 0. The molecule has 1 spiro atoms. The van der Waals surface area contributed by atoms with Crippen LogP contribution in [0.3, 0.4) is 0 Å². The average Bonchev–Trinajstić information content (AvgIpc) is 2.47. The largest absolute Gasteiger partial charge is 0.466 e. The number of likely N-dealkylation sites (tertiary alicyclic amines) is 1. The summed E-state index contributed by atoms with van der Waals surface area (Å²) in [6.45, 7) is 9.53. The summed E-state index contributed by atoms with van der Waals surface area (Å²) in [6, 6.07) is 0. The molecule has 5 nitrogen and oxygen atoms in total. The van der Waals surface area contributed by atoms with Gasteiger partial charge in [0, 0.05) is 13.1 Å². The Morgan fingerprint density at radius 2 is 1.65 bits per heavy atom. The number of hydrogen-bond acceptors (Lipinski definition) is 4. The smallest absolute Gasteiger partial charge is 0.410 e. The number of hydrogen-bond donors (Lipinski definition) is 0. The fourth-order valence-corrected chi connectivity index (χ4v) is 3.72. The van der Waals surface area contributed by atoms with Crippen molar-refractivity contribution in [2.75, 3.05) is 19.7 Å². The summed E-state index contributed by atoms with van der Waals surface area (Å²) in [5.41, 5.74) is -0.134. The molecular formula is C18H31NO4. The number of amides is 1. The predicted octanol–water partition coefficient (Wildman–Crippen LogP) is 3.76. The minimum atomic E-state index is -0.441. The van der Waals surface area contributed by atoms with Gasteiger partial charge in [-0.15, -0.1) is 0 Å². The highest BCUT2D eigenvalue weighted by atomic mass is 16.6. The van der Waals surface area contributed by atoms with E-state index in [1.807, 2.05) is 32.6 Å². The van der Waals surface area contributed by atoms with Gasteiger partial charge < -0.3 is 14.4 Å². The molecule has 1 saturated heterocycles. The Morgan fingerprint density at radius 1 is 1.09 bits per heavy atom. The van der Waals surface area contributed by atoms with E-state index in [-0.39, 0.29) is 18.0 Å². The van der Waals surface area contributed by atoms with E-state index < -0.39 is 5.60 Å². The van der Waals surface area contributed by atoms with Crippen molar-refractivity contribution in [3.8, 4) is 0 Å². The van der Waals surface area contributed by atoms with Gasteiger partial charge >= 0.3 is 12.1 Å². The average molecular weight is 325 g/mol. The molecule has 2 aliphatic rings. The minimum absolute atomic E-state index is 0.0338. The first-order chi connectivity index (χ1) is 10.7. The number of nitrogens with zero attached hydrogens (tertiary/aromatic N) is 1. The zero-order valence-electron chi connectivity index (χ0n) is 15.0. The molecule has 2 rings (SSSR count). The van der Waals surface area contributed by atoms with Gasteiger partial charge in [-0.05, 0) is 71.6 Å². The van der Waals surface area contributed by atoms with Crippen LogP contribution in [0, 0.1) is 11.3 Å². The molecule has 23 heavy (non-hydrogen) atoms. The van der Waals surface area contributed by atoms with Gasteiger partial charge in [0.25, 0.3) is 0 Å². The van der Waals surface area contributed by atoms with Crippen LogP contribution in [0.1, 0.15) is 66.2 Å². The third-order valence-corrected chi connectivity index (χ3v) is 5.14. The number of rotatable bonds is 2. The van der Waals surface area contributed by atoms with E-state index in [0.29, 0.717) is 12.0 Å². The standard InChI is InChI=1S/C18H31NO4/c1-5-22-15(20)14-6-8-18(9-7-14)10-12-19(13-11-18)16(21)23-17(2,3)4/h14H,5-13H2,1-4H3. The van der Waals surface area contributed by atoms with E-state index in [2.05, 4.69) is 0 Å². The van der Waals surface area contributed by atoms with Crippen molar-refractivity contribution in [2.24, 2.45) is 11.3 Å². The number of ether oxygens (including phenoxy) is 2. The third kappa shape index (κ3) is 4.85. The zero-order chi connectivity index (χ0) is 17.1. The molecule has 0 aromatic carbocycles. The molecule has 0 aromatic heterocycles. The number of carbonyl (C=O) groups is 2. The maximum absolute atomic E-state index is 12.1. The monoisotopic (exact) mass is 325 g/mol. The summed E-state index contributed by atoms with van der Waals surface area (Å²) in [5, 5.41) is 0. The van der Waals surface area contributed by atoms with Crippen LogP contribution in [-0.4, -0.2) is 42.3 Å². The molecule has 0 bridgehead atoms. The van der Waals surface area contributed by atoms with Crippen LogP contribution in [0.5, 0.6) is 0 Å². The van der Waals surface area contributed by atoms with Crippen molar-refractivity contribution in [3.63, 3.8) is 0 Å². The van der Waals surface area contributed by atoms with E-state index in [1.54, 1.807) is 0 Å². The molecule has 0 radical (unpaired) electrons. The molecule has 0 atom stereocenters. The lowest BCUT2D eigenvalue weighted by atomic mass is 9.65. The Kier molecular flexibility index (Phi) is 5.58. The van der Waals surface area contributed by atoms with Crippen LogP contribution >= 0.6 is 0 Å². The van der Waals surface area contributed by atoms with Crippen molar-refractivity contribution in [3.05, 3.63) is 0 Å². The van der Waals surface area contributed by atoms with Gasteiger partial charge in [0.05, 0.1) is 12.5 Å². The molecule has 0 unspecified atom stereocenters. The fraction of sp³-hybridized carbons (Fsp3) is 0.889. The maximum atomic E-state index is 12.1. The summed E-state index contributed by atoms with van der Waals surface area (Å²) in [7, 11) is 0. The first kappa shape index (κ1) is 18.1. The third-order valence-electron chi connectivity index (χ3n) is 5.14. The van der Waals surface area contributed by atoms with Crippen LogP contribution in [0.15, 0.2) is 0 Å². The van der Waals surface area contributed by atoms with Gasteiger partial charge in [-0.1, -0.05) is 0 Å². The van der Waals surface area contributed by atoms with Gasteiger partial charge in [-0.2, -0.15) is 0 Å². The Labute approximate surface area is 139 Å². The van der Waals surface area contributed by atoms with Gasteiger partial charge in [0.1, 0.15) is 5.60 Å². The molecule has 132 valence electrons. The predicted molar refractivity (Wildman–Crippen MR) is 88.1 cm³/mol. The highest BCUT2D eigenvalue weighted by molar-refractivity contribution is 5.72. The lowest BCUT2D eigenvalue weighted by molar-refractivity contribution is -0.150. The Bertz CT molecular complexity index is 423. The van der Waals surface area contributed by atoms with E-state index in [1.165, 1.54) is 0 Å². The molecule has 1 aliphatic heterocycles. The van der Waals surface area contributed by atoms with Gasteiger partial charge in [-0.25, -0.2) is 4.79 Å². The Balaban J connectivity index is 1.81. The van der Waals surface area contributed by atoms with Crippen LogP contribution < -0.4 is 0 Å².